The van der Waals surface area contributed by atoms with Crippen molar-refractivity contribution in [3.63, 3.8) is 0 Å². The number of piperidine rings is 1. The molecule has 2 N–H and O–H groups in total. The minimum Gasteiger partial charge on any atom is -0.496 e. The van der Waals surface area contributed by atoms with Crippen LogP contribution in [-0.4, -0.2) is 44.9 Å². The number of rotatable bonds is 5. The Morgan fingerprint density at radius 2 is 1.84 bits per heavy atom. The molecule has 0 atom stereocenters. The van der Waals surface area contributed by atoms with Crippen LogP contribution in [0.15, 0.2) is 55.2 Å². The van der Waals surface area contributed by atoms with E-state index in [1.54, 1.807) is 19.5 Å². The minimum atomic E-state index is 0.433. The molecule has 0 saturated carbocycles. The maximum atomic E-state index is 5.53. The summed E-state index contributed by atoms with van der Waals surface area (Å²) in [6.07, 6.45) is 11.4. The maximum Gasteiger partial charge on any atom is 0.227 e. The molecule has 5 rings (SSSR count). The summed E-state index contributed by atoms with van der Waals surface area (Å²) in [7, 11) is 1.67. The zero-order valence-electron chi connectivity index (χ0n) is 18.7. The molecule has 0 bridgehead atoms. The molecule has 0 amide bonds. The second-order valence-corrected chi connectivity index (χ2v) is 7.33. The Bertz CT molecular complexity index is 1170. The number of methoxy groups -OCH3 is 1. The summed E-state index contributed by atoms with van der Waals surface area (Å²) in [6, 6.07) is 8.30. The first-order chi connectivity index (χ1) is 15.8. The lowest BCUT2D eigenvalue weighted by atomic mass is 10.0. The SMILES string of the molecule is CC.COc1ccccc1-c1cncc2cnc(Nc3cnn(C4CCNCC4)c3)nc12. The lowest BCUT2D eigenvalue weighted by Crippen LogP contribution is -2.29. The number of pyridine rings is 1. The molecule has 1 aliphatic heterocycles. The van der Waals surface area contributed by atoms with E-state index in [0.29, 0.717) is 12.0 Å². The number of ether oxygens (including phenoxy) is 1. The molecule has 32 heavy (non-hydrogen) atoms. The van der Waals surface area contributed by atoms with E-state index >= 15 is 0 Å². The van der Waals surface area contributed by atoms with E-state index in [2.05, 4.69) is 25.7 Å². The molecule has 1 saturated heterocycles. The van der Waals surface area contributed by atoms with E-state index in [9.17, 15) is 0 Å². The van der Waals surface area contributed by atoms with Crippen molar-refractivity contribution in [1.82, 2.24) is 30.0 Å². The molecule has 0 spiro atoms. The normalized spacial score (nSPS) is 14.0. The number of aromatic nitrogens is 5. The predicted molar refractivity (Wildman–Crippen MR) is 127 cm³/mol. The van der Waals surface area contributed by atoms with Crippen molar-refractivity contribution in [1.29, 1.82) is 0 Å². The monoisotopic (exact) mass is 431 g/mol. The summed E-state index contributed by atoms with van der Waals surface area (Å²) in [5, 5.41) is 12.1. The summed E-state index contributed by atoms with van der Waals surface area (Å²) in [4.78, 5) is 13.6. The fourth-order valence-corrected chi connectivity index (χ4v) is 3.88. The zero-order valence-corrected chi connectivity index (χ0v) is 18.7. The maximum absolute atomic E-state index is 5.53. The smallest absolute Gasteiger partial charge is 0.227 e. The van der Waals surface area contributed by atoms with Gasteiger partial charge in [0.15, 0.2) is 0 Å². The molecule has 8 nitrogen and oxygen atoms in total. The topological polar surface area (TPSA) is 89.8 Å². The number of para-hydroxylation sites is 1. The predicted octanol–water partition coefficient (Wildman–Crippen LogP) is 4.59. The molecule has 166 valence electrons. The summed E-state index contributed by atoms with van der Waals surface area (Å²) in [5.74, 6) is 1.30. The van der Waals surface area contributed by atoms with Gasteiger partial charge in [0.2, 0.25) is 5.95 Å². The van der Waals surface area contributed by atoms with Crippen LogP contribution in [0, 0.1) is 0 Å². The zero-order chi connectivity index (χ0) is 22.3. The molecule has 3 aromatic heterocycles. The highest BCUT2D eigenvalue weighted by Gasteiger charge is 2.16. The Morgan fingerprint density at radius 3 is 2.66 bits per heavy atom. The first kappa shape index (κ1) is 21.7. The van der Waals surface area contributed by atoms with Crippen LogP contribution in [0.25, 0.3) is 22.0 Å². The largest absolute Gasteiger partial charge is 0.496 e. The van der Waals surface area contributed by atoms with Crippen LogP contribution in [-0.2, 0) is 0 Å². The van der Waals surface area contributed by atoms with Crippen LogP contribution in [0.2, 0.25) is 0 Å². The number of hydrogen-bond acceptors (Lipinski definition) is 7. The van der Waals surface area contributed by atoms with Gasteiger partial charge in [0, 0.05) is 41.3 Å². The van der Waals surface area contributed by atoms with Crippen LogP contribution >= 0.6 is 0 Å². The Labute approximate surface area is 188 Å². The highest BCUT2D eigenvalue weighted by molar-refractivity contribution is 5.94. The van der Waals surface area contributed by atoms with Crippen LogP contribution in [0.3, 0.4) is 0 Å². The molecule has 1 aromatic carbocycles. The third kappa shape index (κ3) is 4.55. The quantitative estimate of drug-likeness (QED) is 0.478. The van der Waals surface area contributed by atoms with Gasteiger partial charge in [-0.1, -0.05) is 32.0 Å². The van der Waals surface area contributed by atoms with Crippen molar-refractivity contribution < 1.29 is 4.74 Å². The lowest BCUT2D eigenvalue weighted by molar-refractivity contribution is 0.343. The molecule has 0 aliphatic carbocycles. The number of anilines is 2. The van der Waals surface area contributed by atoms with Gasteiger partial charge in [-0.15, -0.1) is 0 Å². The van der Waals surface area contributed by atoms with Crippen molar-refractivity contribution in [3.8, 4) is 16.9 Å². The van der Waals surface area contributed by atoms with E-state index in [1.165, 1.54) is 0 Å². The van der Waals surface area contributed by atoms with Gasteiger partial charge >= 0.3 is 0 Å². The van der Waals surface area contributed by atoms with E-state index in [-0.39, 0.29) is 0 Å². The van der Waals surface area contributed by atoms with Gasteiger partial charge in [-0.05, 0) is 32.0 Å². The van der Waals surface area contributed by atoms with Gasteiger partial charge in [0.1, 0.15) is 5.75 Å². The number of hydrogen-bond donors (Lipinski definition) is 2. The van der Waals surface area contributed by atoms with Gasteiger partial charge in [0.05, 0.1) is 30.6 Å². The second kappa shape index (κ2) is 10.2. The van der Waals surface area contributed by atoms with Crippen molar-refractivity contribution in [2.24, 2.45) is 0 Å². The molecular weight excluding hydrogens is 402 g/mol. The third-order valence-electron chi connectivity index (χ3n) is 5.43. The van der Waals surface area contributed by atoms with Crippen LogP contribution in [0.4, 0.5) is 11.6 Å². The Hall–Kier alpha value is -3.52. The summed E-state index contributed by atoms with van der Waals surface area (Å²) < 4.78 is 7.57. The van der Waals surface area contributed by atoms with E-state index in [0.717, 1.165) is 59.4 Å². The number of nitrogens with zero attached hydrogens (tertiary/aromatic N) is 5. The molecule has 0 radical (unpaired) electrons. The third-order valence-corrected chi connectivity index (χ3v) is 5.43. The Morgan fingerprint density at radius 1 is 1.03 bits per heavy atom. The second-order valence-electron chi connectivity index (χ2n) is 7.33. The average molecular weight is 432 g/mol. The highest BCUT2D eigenvalue weighted by atomic mass is 16.5. The first-order valence-corrected chi connectivity index (χ1v) is 11.1. The van der Waals surface area contributed by atoms with E-state index < -0.39 is 0 Å². The standard InChI is InChI=1S/C22H23N7O.C2H6/c1-30-20-5-3-2-4-18(20)19-13-24-10-15-11-25-22(28-21(15)19)27-16-12-26-29(14-16)17-6-8-23-9-7-17;1-2/h2-5,10-14,17,23H,6-9H2,1H3,(H,25,27,28);1-2H3. The van der Waals surface area contributed by atoms with E-state index in [4.69, 9.17) is 9.72 Å². The summed E-state index contributed by atoms with van der Waals surface area (Å²) in [6.45, 7) is 6.06. The Kier molecular flexibility index (Phi) is 6.91. The number of benzene rings is 1. The van der Waals surface area contributed by atoms with Gasteiger partial charge < -0.3 is 15.4 Å². The molecule has 1 aliphatic rings. The number of fused-ring (bicyclic) bond motifs is 1. The lowest BCUT2D eigenvalue weighted by Gasteiger charge is -2.22. The number of nitrogens with one attached hydrogen (secondary N) is 2. The Balaban J connectivity index is 0.00000119. The van der Waals surface area contributed by atoms with Crippen molar-refractivity contribution >= 4 is 22.5 Å². The van der Waals surface area contributed by atoms with Gasteiger partial charge in [-0.2, -0.15) is 5.10 Å². The van der Waals surface area contributed by atoms with Crippen molar-refractivity contribution in [2.45, 2.75) is 32.7 Å². The minimum absolute atomic E-state index is 0.433. The van der Waals surface area contributed by atoms with Crippen molar-refractivity contribution in [3.05, 3.63) is 55.2 Å². The fraction of sp³-hybridized carbons (Fsp3) is 0.333. The molecule has 0 unspecified atom stereocenters. The highest BCUT2D eigenvalue weighted by Crippen LogP contribution is 2.33. The molecule has 4 aromatic rings. The summed E-state index contributed by atoms with van der Waals surface area (Å²) >= 11 is 0. The van der Waals surface area contributed by atoms with Crippen molar-refractivity contribution in [2.75, 3.05) is 25.5 Å². The van der Waals surface area contributed by atoms with E-state index in [1.807, 2.05) is 61.4 Å². The van der Waals surface area contributed by atoms with Crippen LogP contribution < -0.4 is 15.4 Å². The van der Waals surface area contributed by atoms with Gasteiger partial charge in [-0.3, -0.25) is 9.67 Å². The summed E-state index contributed by atoms with van der Waals surface area (Å²) in [5.41, 5.74) is 3.54. The molecule has 1 fully saturated rings. The van der Waals surface area contributed by atoms with Gasteiger partial charge in [-0.25, -0.2) is 9.97 Å². The van der Waals surface area contributed by atoms with Crippen LogP contribution in [0.5, 0.6) is 5.75 Å². The molecular formula is C24H29N7O. The van der Waals surface area contributed by atoms with Gasteiger partial charge in [0.25, 0.3) is 0 Å². The van der Waals surface area contributed by atoms with Crippen LogP contribution in [0.1, 0.15) is 32.7 Å². The molecule has 4 heterocycles. The molecule has 8 heteroatoms. The average Bonchev–Trinajstić information content (AvgIpc) is 3.34. The fourth-order valence-electron chi connectivity index (χ4n) is 3.88. The first-order valence-electron chi connectivity index (χ1n) is 11.1.